The minimum atomic E-state index is -4.96. The Morgan fingerprint density at radius 3 is 0.710 bits per heavy atom. The van der Waals surface area contributed by atoms with Crippen LogP contribution in [0.2, 0.25) is 0 Å². The molecule has 0 radical (unpaired) electrons. The molecule has 3 N–H and O–H groups in total. The van der Waals surface area contributed by atoms with E-state index in [0.717, 1.165) is 102 Å². The van der Waals surface area contributed by atoms with Crippen LogP contribution in [0, 0.1) is 5.92 Å². The predicted molar refractivity (Wildman–Crippen MR) is 409 cm³/mol. The summed E-state index contributed by atoms with van der Waals surface area (Å²) in [5.74, 6) is -1.35. The van der Waals surface area contributed by atoms with Crippen molar-refractivity contribution in [1.29, 1.82) is 0 Å². The SMILES string of the molecule is CCCCCCCCCCCCCCCCCCCCCCCCC(=O)O[C@H](COC(=O)CCCCCCCCCCCCCCCCCCCCCCC)COP(=O)(O)OC[C@@H](O)COP(=O)(O)OC[C@@H](COC(=O)CCCCCCC)OC(=O)CCCCCCCCCCC(C)CC. The van der Waals surface area contributed by atoms with E-state index in [9.17, 15) is 43.2 Å². The summed E-state index contributed by atoms with van der Waals surface area (Å²) in [6, 6.07) is 0. The summed E-state index contributed by atoms with van der Waals surface area (Å²) >= 11 is 0. The molecule has 594 valence electrons. The molecular weight excluding hydrogens is 1310 g/mol. The summed E-state index contributed by atoms with van der Waals surface area (Å²) in [4.78, 5) is 72.7. The van der Waals surface area contributed by atoms with Gasteiger partial charge in [-0.1, -0.05) is 381 Å². The third-order valence-electron chi connectivity index (χ3n) is 19.4. The van der Waals surface area contributed by atoms with Gasteiger partial charge in [0, 0.05) is 25.7 Å². The summed E-state index contributed by atoms with van der Waals surface area (Å²) in [7, 11) is -9.91. The van der Waals surface area contributed by atoms with Crippen molar-refractivity contribution >= 4 is 39.5 Å². The average Bonchev–Trinajstić information content (AvgIpc) is 0.981. The Kier molecular flexibility index (Phi) is 72.5. The number of hydrogen-bond acceptors (Lipinski definition) is 15. The van der Waals surface area contributed by atoms with Crippen LogP contribution in [-0.4, -0.2) is 96.7 Å². The van der Waals surface area contributed by atoms with Gasteiger partial charge in [0.15, 0.2) is 12.2 Å². The monoisotopic (exact) mass is 1470 g/mol. The number of unbranched alkanes of at least 4 members (excludes halogenated alkanes) is 52. The molecule has 0 fully saturated rings. The van der Waals surface area contributed by atoms with Crippen LogP contribution in [0.5, 0.6) is 0 Å². The maximum absolute atomic E-state index is 13.1. The molecule has 0 aromatic carbocycles. The minimum absolute atomic E-state index is 0.105. The maximum Gasteiger partial charge on any atom is 0.472 e. The van der Waals surface area contributed by atoms with E-state index in [4.69, 9.17) is 37.0 Å². The van der Waals surface area contributed by atoms with Crippen LogP contribution in [0.1, 0.15) is 433 Å². The van der Waals surface area contributed by atoms with Crippen molar-refractivity contribution in [3.05, 3.63) is 0 Å². The number of esters is 4. The first-order chi connectivity index (χ1) is 48.6. The number of phosphoric ester groups is 2. The molecule has 0 amide bonds. The van der Waals surface area contributed by atoms with Gasteiger partial charge in [-0.2, -0.15) is 0 Å². The van der Waals surface area contributed by atoms with Crippen molar-refractivity contribution in [2.45, 2.75) is 451 Å². The lowest BCUT2D eigenvalue weighted by atomic mass is 9.99. The van der Waals surface area contributed by atoms with E-state index < -0.39 is 97.5 Å². The number of carbonyl (C=O) groups excluding carboxylic acids is 4. The van der Waals surface area contributed by atoms with Crippen molar-refractivity contribution in [2.75, 3.05) is 39.6 Å². The van der Waals surface area contributed by atoms with Gasteiger partial charge in [0.05, 0.1) is 26.4 Å². The van der Waals surface area contributed by atoms with Crippen molar-refractivity contribution in [3.63, 3.8) is 0 Å². The van der Waals surface area contributed by atoms with Gasteiger partial charge in [-0.3, -0.25) is 37.3 Å². The van der Waals surface area contributed by atoms with Crippen LogP contribution in [0.4, 0.5) is 0 Å². The molecule has 3 unspecified atom stereocenters. The van der Waals surface area contributed by atoms with E-state index in [1.54, 1.807) is 0 Å². The number of aliphatic hydroxyl groups excluding tert-OH is 1. The van der Waals surface area contributed by atoms with Gasteiger partial charge < -0.3 is 33.8 Å². The zero-order valence-corrected chi connectivity index (χ0v) is 67.1. The Morgan fingerprint density at radius 1 is 0.280 bits per heavy atom. The molecule has 0 heterocycles. The highest BCUT2D eigenvalue weighted by Gasteiger charge is 2.30. The van der Waals surface area contributed by atoms with Crippen LogP contribution in [0.25, 0.3) is 0 Å². The third kappa shape index (κ3) is 73.0. The van der Waals surface area contributed by atoms with Crippen LogP contribution >= 0.6 is 15.6 Å². The molecular formula is C81H158O17P2. The molecule has 0 aliphatic heterocycles. The second-order valence-corrected chi connectivity index (χ2v) is 32.3. The summed E-state index contributed by atoms with van der Waals surface area (Å²) in [6.45, 7) is 7.22. The fourth-order valence-corrected chi connectivity index (χ4v) is 14.1. The molecule has 0 spiro atoms. The van der Waals surface area contributed by atoms with E-state index in [1.807, 2.05) is 0 Å². The van der Waals surface area contributed by atoms with Crippen LogP contribution in [-0.2, 0) is 65.4 Å². The second kappa shape index (κ2) is 73.9. The summed E-state index contributed by atoms with van der Waals surface area (Å²) < 4.78 is 68.4. The lowest BCUT2D eigenvalue weighted by molar-refractivity contribution is -0.161. The largest absolute Gasteiger partial charge is 0.472 e. The molecule has 100 heavy (non-hydrogen) atoms. The highest BCUT2D eigenvalue weighted by atomic mass is 31.2. The van der Waals surface area contributed by atoms with Crippen LogP contribution in [0.3, 0.4) is 0 Å². The fraction of sp³-hybridized carbons (Fsp3) is 0.951. The molecule has 0 rings (SSSR count). The molecule has 0 aliphatic rings. The lowest BCUT2D eigenvalue weighted by Gasteiger charge is -2.21. The first kappa shape index (κ1) is 98.1. The third-order valence-corrected chi connectivity index (χ3v) is 21.3. The lowest BCUT2D eigenvalue weighted by Crippen LogP contribution is -2.30. The minimum Gasteiger partial charge on any atom is -0.462 e. The van der Waals surface area contributed by atoms with Crippen LogP contribution in [0.15, 0.2) is 0 Å². The van der Waals surface area contributed by atoms with Crippen molar-refractivity contribution in [1.82, 2.24) is 0 Å². The summed E-state index contributed by atoms with van der Waals surface area (Å²) in [5, 5.41) is 10.6. The van der Waals surface area contributed by atoms with Gasteiger partial charge in [0.2, 0.25) is 0 Å². The Balaban J connectivity index is 5.09. The quantitative estimate of drug-likeness (QED) is 0.0222. The zero-order valence-electron chi connectivity index (χ0n) is 65.3. The van der Waals surface area contributed by atoms with E-state index >= 15 is 0 Å². The van der Waals surface area contributed by atoms with Gasteiger partial charge in [-0.25, -0.2) is 9.13 Å². The molecule has 0 bridgehead atoms. The molecule has 0 aromatic rings. The first-order valence-electron chi connectivity index (χ1n) is 42.2. The van der Waals surface area contributed by atoms with Crippen molar-refractivity contribution in [2.24, 2.45) is 5.92 Å². The van der Waals surface area contributed by atoms with Crippen LogP contribution < -0.4 is 0 Å². The molecule has 19 heteroatoms. The van der Waals surface area contributed by atoms with E-state index in [-0.39, 0.29) is 25.7 Å². The Bertz CT molecular complexity index is 1910. The maximum atomic E-state index is 13.1. The fourth-order valence-electron chi connectivity index (χ4n) is 12.6. The van der Waals surface area contributed by atoms with Gasteiger partial charge in [-0.05, 0) is 31.6 Å². The number of phosphoric acid groups is 2. The van der Waals surface area contributed by atoms with E-state index in [0.29, 0.717) is 25.7 Å². The summed E-state index contributed by atoms with van der Waals surface area (Å²) in [5.41, 5.74) is 0. The molecule has 0 saturated heterocycles. The highest BCUT2D eigenvalue weighted by molar-refractivity contribution is 7.47. The van der Waals surface area contributed by atoms with Crippen molar-refractivity contribution < 1.29 is 80.2 Å². The topological polar surface area (TPSA) is 237 Å². The number of aliphatic hydroxyl groups is 1. The first-order valence-corrected chi connectivity index (χ1v) is 45.2. The smallest absolute Gasteiger partial charge is 0.462 e. The molecule has 17 nitrogen and oxygen atoms in total. The Morgan fingerprint density at radius 2 is 0.480 bits per heavy atom. The second-order valence-electron chi connectivity index (χ2n) is 29.4. The molecule has 0 saturated carbocycles. The normalized spacial score (nSPS) is 14.1. The van der Waals surface area contributed by atoms with E-state index in [1.165, 1.54) is 250 Å². The van der Waals surface area contributed by atoms with Gasteiger partial charge in [0.25, 0.3) is 0 Å². The number of ether oxygens (including phenoxy) is 4. The number of hydrogen-bond donors (Lipinski definition) is 3. The van der Waals surface area contributed by atoms with Gasteiger partial charge in [0.1, 0.15) is 19.3 Å². The van der Waals surface area contributed by atoms with Gasteiger partial charge >= 0.3 is 39.5 Å². The highest BCUT2D eigenvalue weighted by Crippen LogP contribution is 2.45. The van der Waals surface area contributed by atoms with Gasteiger partial charge in [-0.15, -0.1) is 0 Å². The molecule has 0 aromatic heterocycles. The molecule has 6 atom stereocenters. The predicted octanol–water partition coefficient (Wildman–Crippen LogP) is 24.4. The Hall–Kier alpha value is -1.94. The summed E-state index contributed by atoms with van der Waals surface area (Å²) in [6.07, 6.45) is 66.0. The average molecular weight is 1470 g/mol. The Labute approximate surface area is 613 Å². The standard InChI is InChI=1S/C81H158O17P2/c1-6-10-13-16-18-20-22-24-26-28-30-32-34-36-38-40-42-44-46-51-56-61-66-80(85)98-77(71-92-79(84)65-60-55-50-45-43-41-39-37-35-33-31-29-27-25-23-21-19-17-14-11-7-2)73-96-100(89,90)94-69-75(82)68-93-99(87,88)95-72-76(70-91-78(83)64-59-53-15-12-8-3)97-81(86)67-62-57-52-48-47-49-54-58-63-74(5)9-4/h74-77,82H,6-73H2,1-5H3,(H,87,88)(H,89,90)/t74?,75-,76+,77+/m0/s1. The number of rotatable bonds is 81. The van der Waals surface area contributed by atoms with Crippen molar-refractivity contribution in [3.8, 4) is 0 Å². The molecule has 0 aliphatic carbocycles. The zero-order chi connectivity index (χ0) is 73.4. The number of carbonyl (C=O) groups is 4. The van der Waals surface area contributed by atoms with E-state index in [2.05, 4.69) is 34.6 Å².